The molecule has 0 bridgehead atoms. The summed E-state index contributed by atoms with van der Waals surface area (Å²) >= 11 is 0. The molecule has 0 aliphatic heterocycles. The lowest BCUT2D eigenvalue weighted by Crippen LogP contribution is -2.44. The third-order valence-corrected chi connectivity index (χ3v) is 3.22. The average molecular weight is 280 g/mol. The highest BCUT2D eigenvalue weighted by Crippen LogP contribution is 2.11. The highest BCUT2D eigenvalue weighted by Gasteiger charge is 2.20. The van der Waals surface area contributed by atoms with Gasteiger partial charge in [0.1, 0.15) is 5.82 Å². The van der Waals surface area contributed by atoms with Crippen LogP contribution < -0.4 is 5.32 Å². The minimum Gasteiger partial charge on any atom is -0.347 e. The number of carbonyl (C=O) groups is 1. The second kappa shape index (κ2) is 7.39. The van der Waals surface area contributed by atoms with E-state index >= 15 is 0 Å². The number of hydrogen-bond donors (Lipinski definition) is 1. The number of benzene rings is 1. The third kappa shape index (κ3) is 4.93. The lowest BCUT2D eigenvalue weighted by atomic mass is 10.0. The zero-order valence-corrected chi connectivity index (χ0v) is 13.0. The Balaban J connectivity index is 2.70. The monoisotopic (exact) mass is 280 g/mol. The Morgan fingerprint density at radius 2 is 2.00 bits per heavy atom. The Kier molecular flexibility index (Phi) is 6.14. The van der Waals surface area contributed by atoms with Gasteiger partial charge in [0.05, 0.1) is 6.04 Å². The zero-order chi connectivity index (χ0) is 15.3. The van der Waals surface area contributed by atoms with Crippen LogP contribution >= 0.6 is 0 Å². The first-order valence-electron chi connectivity index (χ1n) is 7.00. The van der Waals surface area contributed by atoms with Crippen LogP contribution in [0.3, 0.4) is 0 Å². The number of rotatable bonds is 6. The molecular weight excluding hydrogens is 255 g/mol. The first-order valence-corrected chi connectivity index (χ1v) is 7.00. The number of aryl methyl sites for hydroxylation is 1. The zero-order valence-electron chi connectivity index (χ0n) is 13.0. The second-order valence-corrected chi connectivity index (χ2v) is 5.88. The average Bonchev–Trinajstić information content (AvgIpc) is 2.37. The minimum atomic E-state index is -0.199. The molecule has 20 heavy (non-hydrogen) atoms. The number of nitrogens with zero attached hydrogens (tertiary/aromatic N) is 1. The maximum absolute atomic E-state index is 13.2. The molecule has 1 aromatic rings. The molecule has 0 aromatic heterocycles. The lowest BCUT2D eigenvalue weighted by Gasteiger charge is -2.23. The molecule has 1 N–H and O–H groups in total. The van der Waals surface area contributed by atoms with E-state index < -0.39 is 0 Å². The number of likely N-dealkylation sites (N-methyl/N-ethyl adjacent to an activating group) is 1. The molecule has 0 fully saturated rings. The van der Waals surface area contributed by atoms with Crippen molar-refractivity contribution in [2.75, 3.05) is 14.1 Å². The van der Waals surface area contributed by atoms with Crippen molar-refractivity contribution in [3.8, 4) is 0 Å². The van der Waals surface area contributed by atoms with Gasteiger partial charge >= 0.3 is 0 Å². The summed E-state index contributed by atoms with van der Waals surface area (Å²) in [4.78, 5) is 13.7. The molecule has 0 spiro atoms. The van der Waals surface area contributed by atoms with Crippen molar-refractivity contribution in [2.45, 2.75) is 39.8 Å². The summed E-state index contributed by atoms with van der Waals surface area (Å²) in [6.45, 7) is 6.51. The van der Waals surface area contributed by atoms with Gasteiger partial charge in [0.25, 0.3) is 0 Å². The summed E-state index contributed by atoms with van der Waals surface area (Å²) in [6.07, 6.45) is 0.789. The fourth-order valence-electron chi connectivity index (χ4n) is 2.11. The molecular formula is C16H25FN2O. The standard InChI is InChI=1S/C16H25FN2O/c1-11(2)8-15(16(20)19(4)5)18-10-13-6-7-14(17)12(3)9-13/h6-7,9,11,15,18H,8,10H2,1-5H3. The molecule has 0 heterocycles. The van der Waals surface area contributed by atoms with Gasteiger partial charge in [-0.3, -0.25) is 4.79 Å². The first-order chi connectivity index (χ1) is 9.31. The molecule has 0 saturated carbocycles. The highest BCUT2D eigenvalue weighted by molar-refractivity contribution is 5.81. The van der Waals surface area contributed by atoms with Crippen LogP contribution in [0.4, 0.5) is 4.39 Å². The van der Waals surface area contributed by atoms with Gasteiger partial charge in [-0.05, 0) is 36.5 Å². The molecule has 1 atom stereocenters. The smallest absolute Gasteiger partial charge is 0.239 e. The van der Waals surface area contributed by atoms with Crippen LogP contribution in [0.25, 0.3) is 0 Å². The maximum Gasteiger partial charge on any atom is 0.239 e. The van der Waals surface area contributed by atoms with E-state index in [1.807, 2.05) is 6.07 Å². The number of hydrogen-bond acceptors (Lipinski definition) is 2. The highest BCUT2D eigenvalue weighted by atomic mass is 19.1. The summed E-state index contributed by atoms with van der Waals surface area (Å²) in [5.41, 5.74) is 1.62. The molecule has 1 amide bonds. The van der Waals surface area contributed by atoms with Crippen LogP contribution in [-0.4, -0.2) is 30.9 Å². The largest absolute Gasteiger partial charge is 0.347 e. The van der Waals surface area contributed by atoms with E-state index in [1.54, 1.807) is 32.0 Å². The Bertz CT molecular complexity index is 458. The van der Waals surface area contributed by atoms with Crippen molar-refractivity contribution in [2.24, 2.45) is 5.92 Å². The molecule has 0 saturated heterocycles. The molecule has 1 unspecified atom stereocenters. The summed E-state index contributed by atoms with van der Waals surface area (Å²) in [5.74, 6) is 0.320. The lowest BCUT2D eigenvalue weighted by molar-refractivity contribution is -0.131. The van der Waals surface area contributed by atoms with Crippen LogP contribution in [0.2, 0.25) is 0 Å². The second-order valence-electron chi connectivity index (χ2n) is 5.88. The number of carbonyl (C=O) groups excluding carboxylic acids is 1. The van der Waals surface area contributed by atoms with Crippen molar-refractivity contribution in [3.05, 3.63) is 35.1 Å². The van der Waals surface area contributed by atoms with Gasteiger partial charge in [-0.25, -0.2) is 4.39 Å². The van der Waals surface area contributed by atoms with E-state index in [4.69, 9.17) is 0 Å². The molecule has 0 radical (unpaired) electrons. The Hall–Kier alpha value is -1.42. The Morgan fingerprint density at radius 1 is 1.35 bits per heavy atom. The number of halogens is 1. The number of nitrogens with one attached hydrogen (secondary N) is 1. The maximum atomic E-state index is 13.2. The van der Waals surface area contributed by atoms with Crippen molar-refractivity contribution in [1.29, 1.82) is 0 Å². The molecule has 0 aliphatic carbocycles. The molecule has 1 aromatic carbocycles. The SMILES string of the molecule is Cc1cc(CNC(CC(C)C)C(=O)N(C)C)ccc1F. The van der Waals surface area contributed by atoms with Crippen LogP contribution in [0.1, 0.15) is 31.4 Å². The van der Waals surface area contributed by atoms with Gasteiger partial charge in [0.2, 0.25) is 5.91 Å². The predicted octanol–water partition coefficient (Wildman–Crippen LogP) is 2.73. The predicted molar refractivity (Wildman–Crippen MR) is 79.9 cm³/mol. The molecule has 1 rings (SSSR count). The molecule has 112 valence electrons. The van der Waals surface area contributed by atoms with E-state index in [0.717, 1.165) is 12.0 Å². The Morgan fingerprint density at radius 3 is 2.50 bits per heavy atom. The summed E-state index contributed by atoms with van der Waals surface area (Å²) in [6, 6.07) is 4.84. The van der Waals surface area contributed by atoms with Gasteiger partial charge in [-0.1, -0.05) is 26.0 Å². The minimum absolute atomic E-state index is 0.0810. The van der Waals surface area contributed by atoms with Crippen LogP contribution in [0, 0.1) is 18.7 Å². The summed E-state index contributed by atoms with van der Waals surface area (Å²) < 4.78 is 13.2. The first kappa shape index (κ1) is 16.6. The van der Waals surface area contributed by atoms with E-state index in [9.17, 15) is 9.18 Å². The van der Waals surface area contributed by atoms with Crippen molar-refractivity contribution in [1.82, 2.24) is 10.2 Å². The summed E-state index contributed by atoms with van der Waals surface area (Å²) in [7, 11) is 3.53. The van der Waals surface area contributed by atoms with E-state index in [-0.39, 0.29) is 17.8 Å². The van der Waals surface area contributed by atoms with Crippen molar-refractivity contribution < 1.29 is 9.18 Å². The Labute approximate surface area is 121 Å². The third-order valence-electron chi connectivity index (χ3n) is 3.22. The van der Waals surface area contributed by atoms with E-state index in [1.165, 1.54) is 6.07 Å². The van der Waals surface area contributed by atoms with Crippen LogP contribution in [-0.2, 0) is 11.3 Å². The van der Waals surface area contributed by atoms with Crippen LogP contribution in [0.15, 0.2) is 18.2 Å². The fraction of sp³-hybridized carbons (Fsp3) is 0.562. The number of amides is 1. The van der Waals surface area contributed by atoms with Gasteiger partial charge in [0.15, 0.2) is 0 Å². The molecule has 3 nitrogen and oxygen atoms in total. The molecule has 0 aliphatic rings. The fourth-order valence-corrected chi connectivity index (χ4v) is 2.11. The van der Waals surface area contributed by atoms with Crippen LogP contribution in [0.5, 0.6) is 0 Å². The van der Waals surface area contributed by atoms with Gasteiger partial charge in [-0.15, -0.1) is 0 Å². The topological polar surface area (TPSA) is 32.3 Å². The van der Waals surface area contributed by atoms with Crippen molar-refractivity contribution >= 4 is 5.91 Å². The molecule has 4 heteroatoms. The van der Waals surface area contributed by atoms with Crippen molar-refractivity contribution in [3.63, 3.8) is 0 Å². The summed E-state index contributed by atoms with van der Waals surface area (Å²) in [5, 5.41) is 3.28. The van der Waals surface area contributed by atoms with E-state index in [2.05, 4.69) is 19.2 Å². The quantitative estimate of drug-likeness (QED) is 0.869. The normalized spacial score (nSPS) is 12.6. The van der Waals surface area contributed by atoms with E-state index in [0.29, 0.717) is 18.0 Å². The van der Waals surface area contributed by atoms with Gasteiger partial charge in [-0.2, -0.15) is 0 Å². The van der Waals surface area contributed by atoms with Gasteiger partial charge < -0.3 is 10.2 Å². The van der Waals surface area contributed by atoms with Gasteiger partial charge in [0, 0.05) is 20.6 Å².